The maximum atomic E-state index is 10.1. The van der Waals surface area contributed by atoms with Crippen LogP contribution in [0.5, 0.6) is 0 Å². The normalized spacial score (nSPS) is 39.2. The van der Waals surface area contributed by atoms with Gasteiger partial charge in [0.1, 0.15) is 0 Å². The van der Waals surface area contributed by atoms with Crippen molar-refractivity contribution >= 4 is 0 Å². The summed E-state index contributed by atoms with van der Waals surface area (Å²) in [5.41, 5.74) is 3.58. The van der Waals surface area contributed by atoms with E-state index in [0.717, 1.165) is 12.0 Å². The molecule has 0 radical (unpaired) electrons. The maximum Gasteiger partial charge on any atom is 0.0809 e. The van der Waals surface area contributed by atoms with Gasteiger partial charge in [-0.2, -0.15) is 0 Å². The van der Waals surface area contributed by atoms with E-state index in [0.29, 0.717) is 41.6 Å². The minimum absolute atomic E-state index is 0. The highest BCUT2D eigenvalue weighted by atomic mass is 16.3. The molecule has 0 heterocycles. The monoisotopic (exact) mass is 416 g/mol. The van der Waals surface area contributed by atoms with Gasteiger partial charge in [0, 0.05) is 0 Å². The van der Waals surface area contributed by atoms with Crippen LogP contribution in [0.4, 0.5) is 0 Å². The van der Waals surface area contributed by atoms with Crippen LogP contribution in [0.25, 0.3) is 0 Å². The Labute approximate surface area is 184 Å². The molecule has 4 unspecified atom stereocenters. The molecule has 3 fully saturated rings. The fourth-order valence-electron chi connectivity index (χ4n) is 6.19. The molecule has 0 bridgehead atoms. The summed E-state index contributed by atoms with van der Waals surface area (Å²) in [6.45, 7) is 10.5. The summed E-state index contributed by atoms with van der Waals surface area (Å²) in [7, 11) is 0. The summed E-state index contributed by atoms with van der Waals surface area (Å²) in [6.07, 6.45) is 15.6. The van der Waals surface area contributed by atoms with Crippen molar-refractivity contribution in [3.8, 4) is 0 Å². The number of hydrogen-bond donors (Lipinski definition) is 3. The molecule has 3 nitrogen and oxygen atoms in total. The van der Waals surface area contributed by atoms with Crippen LogP contribution in [-0.2, 0) is 0 Å². The molecule has 3 N–H and O–H groups in total. The first-order valence-corrected chi connectivity index (χ1v) is 11.5. The zero-order valence-corrected chi connectivity index (χ0v) is 18.5. The smallest absolute Gasteiger partial charge is 0.0809 e. The number of rotatable bonds is 5. The van der Waals surface area contributed by atoms with Crippen molar-refractivity contribution in [2.24, 2.45) is 23.2 Å². The van der Waals surface area contributed by atoms with Crippen molar-refractivity contribution in [3.05, 3.63) is 47.6 Å². The minimum Gasteiger partial charge on any atom is -0.393 e. The summed E-state index contributed by atoms with van der Waals surface area (Å²) in [6, 6.07) is 0. The van der Waals surface area contributed by atoms with E-state index in [9.17, 15) is 15.3 Å². The molecule has 7 atom stereocenters. The second-order valence-electron chi connectivity index (χ2n) is 10.0. The van der Waals surface area contributed by atoms with Crippen molar-refractivity contribution in [2.45, 2.75) is 97.9 Å². The number of hydrogen-bond acceptors (Lipinski definition) is 3. The fraction of sp³-hybridized carbons (Fsp3) is 0.704. The van der Waals surface area contributed by atoms with E-state index in [1.165, 1.54) is 32.1 Å². The van der Waals surface area contributed by atoms with Gasteiger partial charge in [-0.15, -0.1) is 0 Å². The van der Waals surface area contributed by atoms with Crippen LogP contribution < -0.4 is 0 Å². The third-order valence-electron chi connectivity index (χ3n) is 7.89. The second-order valence-corrected chi connectivity index (χ2v) is 10.0. The third kappa shape index (κ3) is 5.36. The molecule has 3 aliphatic rings. The van der Waals surface area contributed by atoms with Gasteiger partial charge in [-0.25, -0.2) is 0 Å². The summed E-state index contributed by atoms with van der Waals surface area (Å²) in [5, 5.41) is 29.7. The van der Waals surface area contributed by atoms with Crippen LogP contribution >= 0.6 is 0 Å². The van der Waals surface area contributed by atoms with E-state index in [4.69, 9.17) is 0 Å². The average Bonchev–Trinajstić information content (AvgIpc) is 3.01. The third-order valence-corrected chi connectivity index (χ3v) is 7.89. The average molecular weight is 417 g/mol. The highest BCUT2D eigenvalue weighted by molar-refractivity contribution is 5.29. The molecule has 3 saturated carbocycles. The van der Waals surface area contributed by atoms with Crippen molar-refractivity contribution in [2.75, 3.05) is 0 Å². The Balaban J connectivity index is 0.00000320. The zero-order valence-electron chi connectivity index (χ0n) is 18.5. The molecule has 170 valence electrons. The summed E-state index contributed by atoms with van der Waals surface area (Å²) < 4.78 is 0. The number of fused-ring (bicyclic) bond motifs is 1. The Morgan fingerprint density at radius 2 is 1.80 bits per heavy atom. The molecule has 0 aromatic heterocycles. The highest BCUT2D eigenvalue weighted by Crippen LogP contribution is 2.59. The number of aliphatic hydroxyl groups is 3. The molecular formula is C27H44O3. The van der Waals surface area contributed by atoms with Crippen molar-refractivity contribution < 1.29 is 15.3 Å². The summed E-state index contributed by atoms with van der Waals surface area (Å²) in [5.74, 6) is 1.87. The first kappa shape index (κ1) is 25.1. The number of allylic oxidation sites excluding steroid dienone is 4. The predicted octanol–water partition coefficient (Wildman–Crippen LogP) is 5.73. The van der Waals surface area contributed by atoms with E-state index in [2.05, 4.69) is 44.7 Å². The minimum atomic E-state index is -0.620. The number of aliphatic hydroxyl groups excluding tert-OH is 3. The molecule has 0 aromatic rings. The van der Waals surface area contributed by atoms with Gasteiger partial charge in [0.2, 0.25) is 0 Å². The maximum absolute atomic E-state index is 10.1. The SMILES string of the molecule is C.C=C1C(O)CC(=C/C=C2\CCCC3(C)C([C@H](C)/C=C/CC(C)O)CC[C@@H]23)C[C@H]1O. The van der Waals surface area contributed by atoms with Gasteiger partial charge in [0.25, 0.3) is 0 Å². The van der Waals surface area contributed by atoms with Crippen molar-refractivity contribution in [1.82, 2.24) is 0 Å². The molecule has 0 aromatic carbocycles. The molecule has 3 aliphatic carbocycles. The predicted molar refractivity (Wildman–Crippen MR) is 126 cm³/mol. The van der Waals surface area contributed by atoms with Gasteiger partial charge < -0.3 is 15.3 Å². The standard InChI is InChI=1S/C26H40O3.CH4/c1-17(7-5-8-18(2)27)22-12-13-23-21(9-6-14-26(22,23)4)11-10-20-15-24(28)19(3)25(29)16-20;/h5,7,10-11,17-18,22-25,27-29H,3,6,8-9,12-16H2,1-2,4H3;1H4/b7-5+,20-10?,21-11+;/t17-,18?,22?,23+,24-,25?,26?;/m1./s1. The molecular weight excluding hydrogens is 372 g/mol. The Morgan fingerprint density at radius 3 is 2.43 bits per heavy atom. The van der Waals surface area contributed by atoms with Crippen LogP contribution in [-0.4, -0.2) is 33.6 Å². The Bertz CT molecular complexity index is 670. The fourth-order valence-corrected chi connectivity index (χ4v) is 6.19. The van der Waals surface area contributed by atoms with Crippen LogP contribution in [0.1, 0.15) is 79.6 Å². The van der Waals surface area contributed by atoms with Gasteiger partial charge in [-0.3, -0.25) is 0 Å². The quantitative estimate of drug-likeness (QED) is 0.502. The van der Waals surface area contributed by atoms with Crippen molar-refractivity contribution in [3.63, 3.8) is 0 Å². The molecule has 0 spiro atoms. The van der Waals surface area contributed by atoms with E-state index >= 15 is 0 Å². The molecule has 0 amide bonds. The molecule has 0 saturated heterocycles. The Kier molecular flexibility index (Phi) is 8.73. The summed E-state index contributed by atoms with van der Waals surface area (Å²) in [4.78, 5) is 0. The largest absolute Gasteiger partial charge is 0.393 e. The molecule has 0 aliphatic heterocycles. The van der Waals surface area contributed by atoms with Gasteiger partial charge in [-0.05, 0) is 87.0 Å². The van der Waals surface area contributed by atoms with Crippen LogP contribution in [0, 0.1) is 23.2 Å². The van der Waals surface area contributed by atoms with Crippen LogP contribution in [0.15, 0.2) is 47.6 Å². The molecule has 3 rings (SSSR count). The first-order chi connectivity index (χ1) is 13.7. The lowest BCUT2D eigenvalue weighted by Crippen LogP contribution is -2.35. The zero-order chi connectivity index (χ0) is 21.2. The van der Waals surface area contributed by atoms with E-state index in [-0.39, 0.29) is 13.5 Å². The summed E-state index contributed by atoms with van der Waals surface area (Å²) >= 11 is 0. The van der Waals surface area contributed by atoms with E-state index < -0.39 is 12.2 Å². The van der Waals surface area contributed by atoms with Gasteiger partial charge in [0.15, 0.2) is 0 Å². The highest BCUT2D eigenvalue weighted by Gasteiger charge is 2.50. The van der Waals surface area contributed by atoms with Crippen LogP contribution in [0.2, 0.25) is 0 Å². The van der Waals surface area contributed by atoms with E-state index in [1.54, 1.807) is 5.57 Å². The topological polar surface area (TPSA) is 60.7 Å². The van der Waals surface area contributed by atoms with E-state index in [1.807, 2.05) is 6.92 Å². The molecule has 30 heavy (non-hydrogen) atoms. The Hall–Kier alpha value is -1.16. The Morgan fingerprint density at radius 1 is 1.13 bits per heavy atom. The van der Waals surface area contributed by atoms with Crippen LogP contribution in [0.3, 0.4) is 0 Å². The lowest BCUT2D eigenvalue weighted by Gasteiger charge is -2.44. The first-order valence-electron chi connectivity index (χ1n) is 11.5. The van der Waals surface area contributed by atoms with Gasteiger partial charge in [-0.1, -0.05) is 63.3 Å². The lowest BCUT2D eigenvalue weighted by molar-refractivity contribution is 0.112. The van der Waals surface area contributed by atoms with Gasteiger partial charge in [0.05, 0.1) is 18.3 Å². The van der Waals surface area contributed by atoms with Crippen molar-refractivity contribution in [1.29, 1.82) is 0 Å². The van der Waals surface area contributed by atoms with Gasteiger partial charge >= 0.3 is 0 Å². The second kappa shape index (κ2) is 10.4. The lowest BCUT2D eigenvalue weighted by atomic mass is 9.61. The molecule has 3 heteroatoms.